The number of carbonyl (C=O) groups excluding carboxylic acids is 1. The average Bonchev–Trinajstić information content (AvgIpc) is 2.61. The first-order chi connectivity index (χ1) is 13.0. The van der Waals surface area contributed by atoms with Crippen LogP contribution in [0.3, 0.4) is 0 Å². The van der Waals surface area contributed by atoms with Crippen LogP contribution in [0.1, 0.15) is 135 Å². The first kappa shape index (κ1) is 26.6. The molecule has 0 aromatic rings. The predicted molar refractivity (Wildman–Crippen MR) is 112 cm³/mol. The molecule has 0 aromatic heterocycles. The minimum Gasteiger partial charge on any atom is -0.344 e. The van der Waals surface area contributed by atoms with Crippen molar-refractivity contribution in [1.82, 2.24) is 0 Å². The molecule has 3 N–H and O–H groups in total. The summed E-state index contributed by atoms with van der Waals surface area (Å²) in [6.45, 7) is 2.27. The molecule has 162 valence electrons. The van der Waals surface area contributed by atoms with Crippen LogP contribution in [-0.4, -0.2) is 27.1 Å². The van der Waals surface area contributed by atoms with E-state index in [1.54, 1.807) is 0 Å². The maximum absolute atomic E-state index is 11.7. The van der Waals surface area contributed by atoms with Crippen LogP contribution in [0.2, 0.25) is 0 Å². The molecule has 0 saturated heterocycles. The second-order valence-corrected chi connectivity index (χ2v) is 8.22. The monoisotopic (exact) mass is 386 g/mol. The van der Waals surface area contributed by atoms with Gasteiger partial charge in [-0.2, -0.15) is 0 Å². The Morgan fingerprint density at radius 3 is 1.26 bits per heavy atom. The van der Waals surface area contributed by atoms with Crippen molar-refractivity contribution < 1.29 is 20.1 Å². The van der Waals surface area contributed by atoms with E-state index in [9.17, 15) is 4.79 Å². The number of carbonyl (C=O) groups is 1. The van der Waals surface area contributed by atoms with Gasteiger partial charge in [-0.15, -0.1) is 0 Å². The molecule has 0 aromatic carbocycles. The fraction of sp³-hybridized carbons (Fsp3) is 0.957. The summed E-state index contributed by atoms with van der Waals surface area (Å²) >= 11 is 0. The molecule has 0 unspecified atom stereocenters. The molecule has 4 nitrogen and oxygen atoms in total. The second-order valence-electron chi connectivity index (χ2n) is 8.22. The topological polar surface area (TPSA) is 77.8 Å². The Morgan fingerprint density at radius 2 is 0.889 bits per heavy atom. The van der Waals surface area contributed by atoms with Crippen LogP contribution in [0.25, 0.3) is 0 Å². The van der Waals surface area contributed by atoms with Crippen LogP contribution < -0.4 is 0 Å². The van der Waals surface area contributed by atoms with Gasteiger partial charge in [0.1, 0.15) is 5.78 Å². The lowest BCUT2D eigenvalue weighted by atomic mass is 10.0. The maximum atomic E-state index is 11.7. The van der Waals surface area contributed by atoms with Gasteiger partial charge >= 0.3 is 0 Å². The zero-order valence-corrected chi connectivity index (χ0v) is 17.9. The van der Waals surface area contributed by atoms with Gasteiger partial charge in [-0.25, -0.2) is 0 Å². The van der Waals surface area contributed by atoms with Crippen molar-refractivity contribution >= 4 is 5.78 Å². The SMILES string of the molecule is CCCCCCCCCCCCCCCCCC(=O)CCCCC(O)(O)O. The summed E-state index contributed by atoms with van der Waals surface area (Å²) in [5.41, 5.74) is 0. The average molecular weight is 387 g/mol. The van der Waals surface area contributed by atoms with Crippen LogP contribution in [0.15, 0.2) is 0 Å². The Kier molecular flexibility index (Phi) is 18.6. The highest BCUT2D eigenvalue weighted by Crippen LogP contribution is 2.14. The number of Topliss-reactive ketones (excluding diaryl/α,β-unsaturated/α-hetero) is 1. The Hall–Kier alpha value is -0.450. The van der Waals surface area contributed by atoms with Gasteiger partial charge in [-0.1, -0.05) is 96.8 Å². The molecule has 4 heteroatoms. The van der Waals surface area contributed by atoms with Gasteiger partial charge in [0.25, 0.3) is 5.97 Å². The summed E-state index contributed by atoms with van der Waals surface area (Å²) < 4.78 is 0. The van der Waals surface area contributed by atoms with Crippen LogP contribution in [0.4, 0.5) is 0 Å². The van der Waals surface area contributed by atoms with E-state index in [4.69, 9.17) is 15.3 Å². The summed E-state index contributed by atoms with van der Waals surface area (Å²) in [5, 5.41) is 26.3. The van der Waals surface area contributed by atoms with Gasteiger partial charge < -0.3 is 15.3 Å². The number of rotatable bonds is 21. The molecule has 0 atom stereocenters. The highest BCUT2D eigenvalue weighted by atomic mass is 16.7. The van der Waals surface area contributed by atoms with E-state index in [-0.39, 0.29) is 12.2 Å². The molecule has 0 saturated carbocycles. The van der Waals surface area contributed by atoms with Gasteiger partial charge in [-0.05, 0) is 19.3 Å². The summed E-state index contributed by atoms with van der Waals surface area (Å²) in [4.78, 5) is 11.7. The lowest BCUT2D eigenvalue weighted by Gasteiger charge is -2.12. The third-order valence-corrected chi connectivity index (χ3v) is 5.28. The Bertz CT molecular complexity index is 323. The van der Waals surface area contributed by atoms with Crippen LogP contribution in [0, 0.1) is 0 Å². The minimum atomic E-state index is -2.59. The van der Waals surface area contributed by atoms with E-state index >= 15 is 0 Å². The molecule has 0 radical (unpaired) electrons. The molecule has 0 fully saturated rings. The van der Waals surface area contributed by atoms with Crippen molar-refractivity contribution in [2.45, 2.75) is 141 Å². The normalized spacial score (nSPS) is 11.9. The van der Waals surface area contributed by atoms with E-state index < -0.39 is 5.97 Å². The number of ketones is 1. The quantitative estimate of drug-likeness (QED) is 0.167. The van der Waals surface area contributed by atoms with Gasteiger partial charge in [-0.3, -0.25) is 4.79 Å². The molecule has 0 aliphatic rings. The fourth-order valence-corrected chi connectivity index (χ4v) is 3.50. The molecule has 0 aliphatic carbocycles. The molecular weight excluding hydrogens is 340 g/mol. The van der Waals surface area contributed by atoms with Crippen molar-refractivity contribution in [3.8, 4) is 0 Å². The third-order valence-electron chi connectivity index (χ3n) is 5.28. The van der Waals surface area contributed by atoms with E-state index in [0.717, 1.165) is 12.8 Å². The maximum Gasteiger partial charge on any atom is 0.275 e. The van der Waals surface area contributed by atoms with Crippen molar-refractivity contribution in [2.75, 3.05) is 0 Å². The van der Waals surface area contributed by atoms with Crippen molar-refractivity contribution in [1.29, 1.82) is 0 Å². The largest absolute Gasteiger partial charge is 0.344 e. The molecule has 0 bridgehead atoms. The standard InChI is InChI=1S/C23H46O4/c1-2-3-4-5-6-7-8-9-10-11-12-13-14-15-16-19-22(24)20-17-18-21-23(25,26)27/h25-27H,2-21H2,1H3. The first-order valence-electron chi connectivity index (χ1n) is 11.6. The van der Waals surface area contributed by atoms with Crippen LogP contribution in [-0.2, 0) is 4.79 Å². The van der Waals surface area contributed by atoms with Gasteiger partial charge in [0.15, 0.2) is 0 Å². The lowest BCUT2D eigenvalue weighted by molar-refractivity contribution is -0.315. The third kappa shape index (κ3) is 23.5. The van der Waals surface area contributed by atoms with E-state index in [2.05, 4.69) is 6.92 Å². The van der Waals surface area contributed by atoms with E-state index in [1.807, 2.05) is 0 Å². The summed E-state index contributed by atoms with van der Waals surface area (Å²) in [6, 6.07) is 0. The Labute approximate surface area is 167 Å². The number of hydrogen-bond donors (Lipinski definition) is 3. The van der Waals surface area contributed by atoms with Crippen LogP contribution in [0.5, 0.6) is 0 Å². The fourth-order valence-electron chi connectivity index (χ4n) is 3.50. The van der Waals surface area contributed by atoms with Crippen molar-refractivity contribution in [2.24, 2.45) is 0 Å². The van der Waals surface area contributed by atoms with Gasteiger partial charge in [0, 0.05) is 19.3 Å². The molecule has 0 spiro atoms. The molecule has 0 rings (SSSR count). The number of unbranched alkanes of at least 4 members (excludes halogenated alkanes) is 15. The molecule has 0 heterocycles. The Morgan fingerprint density at radius 1 is 0.556 bits per heavy atom. The van der Waals surface area contributed by atoms with Gasteiger partial charge in [0.2, 0.25) is 0 Å². The summed E-state index contributed by atoms with van der Waals surface area (Å²) in [5.74, 6) is -2.33. The molecule has 0 amide bonds. The number of aliphatic hydroxyl groups is 3. The minimum absolute atomic E-state index is 0.0980. The molecule has 27 heavy (non-hydrogen) atoms. The number of hydrogen-bond acceptors (Lipinski definition) is 4. The summed E-state index contributed by atoms with van der Waals surface area (Å²) in [6.07, 6.45) is 22.0. The Balaban J connectivity index is 3.17. The van der Waals surface area contributed by atoms with Crippen molar-refractivity contribution in [3.05, 3.63) is 0 Å². The van der Waals surface area contributed by atoms with E-state index in [1.165, 1.54) is 83.5 Å². The van der Waals surface area contributed by atoms with E-state index in [0.29, 0.717) is 25.7 Å². The lowest BCUT2D eigenvalue weighted by Crippen LogP contribution is -2.26. The molecular formula is C23H46O4. The molecule has 0 aliphatic heterocycles. The smallest absolute Gasteiger partial charge is 0.275 e. The summed E-state index contributed by atoms with van der Waals surface area (Å²) in [7, 11) is 0. The zero-order valence-electron chi connectivity index (χ0n) is 17.9. The zero-order chi connectivity index (χ0) is 20.2. The second kappa shape index (κ2) is 18.9. The van der Waals surface area contributed by atoms with Gasteiger partial charge in [0.05, 0.1) is 0 Å². The van der Waals surface area contributed by atoms with Crippen LogP contribution >= 0.6 is 0 Å². The predicted octanol–water partition coefficient (Wildman–Crippen LogP) is 6.01. The highest BCUT2D eigenvalue weighted by Gasteiger charge is 2.16. The first-order valence-corrected chi connectivity index (χ1v) is 11.6. The highest BCUT2D eigenvalue weighted by molar-refractivity contribution is 5.78. The van der Waals surface area contributed by atoms with Crippen molar-refractivity contribution in [3.63, 3.8) is 0 Å².